The molecule has 1 aliphatic rings. The zero-order chi connectivity index (χ0) is 16.5. The van der Waals surface area contributed by atoms with E-state index in [-0.39, 0.29) is 5.95 Å². The molecular formula is C18H18N6. The van der Waals surface area contributed by atoms with Crippen molar-refractivity contribution in [2.75, 3.05) is 22.9 Å². The minimum atomic E-state index is 0.208. The van der Waals surface area contributed by atoms with Crippen LogP contribution in [0.4, 0.5) is 17.5 Å². The number of benzene rings is 1. The van der Waals surface area contributed by atoms with Crippen molar-refractivity contribution in [3.8, 4) is 11.1 Å². The molecule has 0 fully saturated rings. The van der Waals surface area contributed by atoms with Crippen LogP contribution in [0, 0.1) is 0 Å². The largest absolute Gasteiger partial charge is 0.383 e. The van der Waals surface area contributed by atoms with Crippen molar-refractivity contribution < 1.29 is 0 Å². The summed E-state index contributed by atoms with van der Waals surface area (Å²) in [5.41, 5.74) is 17.4. The van der Waals surface area contributed by atoms with E-state index in [0.29, 0.717) is 12.4 Å². The molecule has 0 unspecified atom stereocenters. The Bertz CT molecular complexity index is 878. The van der Waals surface area contributed by atoms with Crippen LogP contribution in [0.2, 0.25) is 0 Å². The van der Waals surface area contributed by atoms with Crippen LogP contribution in [0.3, 0.4) is 0 Å². The van der Waals surface area contributed by atoms with Crippen molar-refractivity contribution in [2.45, 2.75) is 13.0 Å². The van der Waals surface area contributed by atoms with Gasteiger partial charge in [-0.05, 0) is 47.4 Å². The number of anilines is 3. The van der Waals surface area contributed by atoms with Gasteiger partial charge < -0.3 is 16.4 Å². The van der Waals surface area contributed by atoms with Crippen LogP contribution >= 0.6 is 0 Å². The SMILES string of the molecule is Nc1ncc(CN2CCc3cc(-c4ccncc4)ccc32)c(N)n1. The molecule has 0 amide bonds. The highest BCUT2D eigenvalue weighted by Crippen LogP contribution is 2.33. The average molecular weight is 318 g/mol. The lowest BCUT2D eigenvalue weighted by molar-refractivity contribution is 0.830. The lowest BCUT2D eigenvalue weighted by Gasteiger charge is -2.20. The summed E-state index contributed by atoms with van der Waals surface area (Å²) in [5, 5.41) is 0. The molecule has 1 aliphatic heterocycles. The van der Waals surface area contributed by atoms with Gasteiger partial charge in [-0.15, -0.1) is 0 Å². The number of nitrogens with zero attached hydrogens (tertiary/aromatic N) is 4. The molecule has 4 N–H and O–H groups in total. The van der Waals surface area contributed by atoms with Crippen LogP contribution in [-0.2, 0) is 13.0 Å². The summed E-state index contributed by atoms with van der Waals surface area (Å²) in [6, 6.07) is 10.6. The summed E-state index contributed by atoms with van der Waals surface area (Å²) in [6.07, 6.45) is 6.36. The quantitative estimate of drug-likeness (QED) is 0.769. The first-order valence-electron chi connectivity index (χ1n) is 7.86. The van der Waals surface area contributed by atoms with Gasteiger partial charge in [0.1, 0.15) is 5.82 Å². The standard InChI is InChI=1S/C18H18N6/c19-17-15(10-22-18(20)23-17)11-24-8-5-14-9-13(1-2-16(14)24)12-3-6-21-7-4-12/h1-4,6-7,9-10H,5,8,11H2,(H4,19,20,22,23). The Balaban J connectivity index is 1.60. The van der Waals surface area contributed by atoms with Gasteiger partial charge in [0.15, 0.2) is 0 Å². The number of pyridine rings is 1. The van der Waals surface area contributed by atoms with Crippen LogP contribution in [0.1, 0.15) is 11.1 Å². The maximum Gasteiger partial charge on any atom is 0.221 e. The number of nitrogens with two attached hydrogens (primary N) is 2. The van der Waals surface area contributed by atoms with E-state index >= 15 is 0 Å². The van der Waals surface area contributed by atoms with E-state index in [2.05, 4.69) is 38.1 Å². The van der Waals surface area contributed by atoms with Crippen molar-refractivity contribution in [1.29, 1.82) is 0 Å². The second-order valence-electron chi connectivity index (χ2n) is 5.89. The van der Waals surface area contributed by atoms with Gasteiger partial charge in [0.25, 0.3) is 0 Å². The minimum Gasteiger partial charge on any atom is -0.383 e. The van der Waals surface area contributed by atoms with Gasteiger partial charge in [-0.2, -0.15) is 4.98 Å². The summed E-state index contributed by atoms with van der Waals surface area (Å²) in [4.78, 5) is 14.5. The van der Waals surface area contributed by atoms with Gasteiger partial charge in [-0.3, -0.25) is 4.98 Å². The van der Waals surface area contributed by atoms with Crippen LogP contribution in [0.25, 0.3) is 11.1 Å². The monoisotopic (exact) mass is 318 g/mol. The van der Waals surface area contributed by atoms with Crippen molar-refractivity contribution in [3.63, 3.8) is 0 Å². The Labute approximate surface area is 140 Å². The molecule has 3 aromatic rings. The predicted octanol–water partition coefficient (Wildman–Crippen LogP) is 2.27. The van der Waals surface area contributed by atoms with Crippen molar-refractivity contribution >= 4 is 17.5 Å². The zero-order valence-corrected chi connectivity index (χ0v) is 13.2. The fourth-order valence-corrected chi connectivity index (χ4v) is 3.12. The number of hydrogen-bond acceptors (Lipinski definition) is 6. The molecule has 0 aliphatic carbocycles. The van der Waals surface area contributed by atoms with E-state index in [9.17, 15) is 0 Å². The first-order valence-corrected chi connectivity index (χ1v) is 7.86. The molecule has 1 aromatic carbocycles. The Hall–Kier alpha value is -3.15. The summed E-state index contributed by atoms with van der Waals surface area (Å²) in [5.74, 6) is 0.657. The van der Waals surface area contributed by atoms with Crippen LogP contribution in [0.15, 0.2) is 48.9 Å². The fourth-order valence-electron chi connectivity index (χ4n) is 3.12. The molecule has 0 saturated heterocycles. The van der Waals surface area contributed by atoms with E-state index in [0.717, 1.165) is 18.5 Å². The van der Waals surface area contributed by atoms with Crippen molar-refractivity contribution in [1.82, 2.24) is 15.0 Å². The van der Waals surface area contributed by atoms with Gasteiger partial charge in [-0.25, -0.2) is 4.98 Å². The van der Waals surface area contributed by atoms with E-state index in [1.165, 1.54) is 22.4 Å². The molecule has 2 aromatic heterocycles. The molecule has 0 saturated carbocycles. The molecule has 0 spiro atoms. The van der Waals surface area contributed by atoms with E-state index in [1.807, 2.05) is 24.5 Å². The van der Waals surface area contributed by atoms with Gasteiger partial charge in [0.2, 0.25) is 5.95 Å². The predicted molar refractivity (Wildman–Crippen MR) is 95.3 cm³/mol. The van der Waals surface area contributed by atoms with Crippen LogP contribution in [-0.4, -0.2) is 21.5 Å². The molecule has 24 heavy (non-hydrogen) atoms. The Morgan fingerprint density at radius 2 is 1.88 bits per heavy atom. The second-order valence-corrected chi connectivity index (χ2v) is 5.89. The number of rotatable bonds is 3. The number of aromatic nitrogens is 3. The fraction of sp³-hybridized carbons (Fsp3) is 0.167. The molecule has 0 atom stereocenters. The smallest absolute Gasteiger partial charge is 0.221 e. The number of nitrogen functional groups attached to an aromatic ring is 2. The molecule has 6 nitrogen and oxygen atoms in total. The molecule has 120 valence electrons. The van der Waals surface area contributed by atoms with Gasteiger partial charge in [0, 0.05) is 42.9 Å². The molecule has 0 radical (unpaired) electrons. The maximum atomic E-state index is 5.96. The van der Waals surface area contributed by atoms with Crippen molar-refractivity contribution in [2.24, 2.45) is 0 Å². The lowest BCUT2D eigenvalue weighted by atomic mass is 10.0. The molecule has 4 rings (SSSR count). The third-order valence-corrected chi connectivity index (χ3v) is 4.36. The van der Waals surface area contributed by atoms with Gasteiger partial charge in [0.05, 0.1) is 0 Å². The molecule has 6 heteroatoms. The average Bonchev–Trinajstić information content (AvgIpc) is 3.00. The topological polar surface area (TPSA) is 94.0 Å². The minimum absolute atomic E-state index is 0.208. The van der Waals surface area contributed by atoms with E-state index in [4.69, 9.17) is 11.5 Å². The normalized spacial score (nSPS) is 13.1. The molecule has 3 heterocycles. The third kappa shape index (κ3) is 2.62. The maximum absolute atomic E-state index is 5.96. The first kappa shape index (κ1) is 14.4. The van der Waals surface area contributed by atoms with E-state index < -0.39 is 0 Å². The highest BCUT2D eigenvalue weighted by molar-refractivity contribution is 5.70. The highest BCUT2D eigenvalue weighted by Gasteiger charge is 2.20. The van der Waals surface area contributed by atoms with Gasteiger partial charge >= 0.3 is 0 Å². The number of hydrogen-bond donors (Lipinski definition) is 2. The molecule has 0 bridgehead atoms. The Morgan fingerprint density at radius 3 is 2.67 bits per heavy atom. The van der Waals surface area contributed by atoms with Crippen molar-refractivity contribution in [3.05, 3.63) is 60.0 Å². The lowest BCUT2D eigenvalue weighted by Crippen LogP contribution is -2.21. The second kappa shape index (κ2) is 5.81. The highest BCUT2D eigenvalue weighted by atomic mass is 15.2. The third-order valence-electron chi connectivity index (χ3n) is 4.36. The summed E-state index contributed by atoms with van der Waals surface area (Å²) >= 11 is 0. The van der Waals surface area contributed by atoms with Gasteiger partial charge in [-0.1, -0.05) is 6.07 Å². The first-order chi connectivity index (χ1) is 11.7. The van der Waals surface area contributed by atoms with Crippen LogP contribution in [0.5, 0.6) is 0 Å². The summed E-state index contributed by atoms with van der Waals surface area (Å²) in [7, 11) is 0. The molecular weight excluding hydrogens is 300 g/mol. The van der Waals surface area contributed by atoms with E-state index in [1.54, 1.807) is 6.20 Å². The Kier molecular flexibility index (Phi) is 3.49. The Morgan fingerprint density at radius 1 is 1.04 bits per heavy atom. The summed E-state index contributed by atoms with van der Waals surface area (Å²) < 4.78 is 0. The van der Waals surface area contributed by atoms with Crippen LogP contribution < -0.4 is 16.4 Å². The summed E-state index contributed by atoms with van der Waals surface area (Å²) in [6.45, 7) is 1.65. The number of fused-ring (bicyclic) bond motifs is 1. The zero-order valence-electron chi connectivity index (χ0n) is 13.2.